The molecular formula is C31H32N2O3. The lowest BCUT2D eigenvalue weighted by Crippen LogP contribution is -2.18. The summed E-state index contributed by atoms with van der Waals surface area (Å²) in [6.45, 7) is 2.98. The Hall–Kier alpha value is -3.73. The minimum atomic E-state index is -0.556. The van der Waals surface area contributed by atoms with Gasteiger partial charge in [0.05, 0.1) is 5.56 Å². The summed E-state index contributed by atoms with van der Waals surface area (Å²) in [5.41, 5.74) is 3.55. The van der Waals surface area contributed by atoms with Crippen LogP contribution in [0, 0.1) is 5.92 Å². The first-order valence-corrected chi connectivity index (χ1v) is 13.0. The maximum absolute atomic E-state index is 13.7. The molecular weight excluding hydrogens is 448 g/mol. The van der Waals surface area contributed by atoms with Crippen LogP contribution in [0.3, 0.4) is 0 Å². The molecule has 1 aliphatic rings. The van der Waals surface area contributed by atoms with Gasteiger partial charge in [0.15, 0.2) is 0 Å². The summed E-state index contributed by atoms with van der Waals surface area (Å²) < 4.78 is 2.26. The molecule has 1 heterocycles. The smallest absolute Gasteiger partial charge is 0.341 e. The summed E-state index contributed by atoms with van der Waals surface area (Å²) in [6, 6.07) is 22.9. The minimum Gasteiger partial charge on any atom is -0.341 e. The van der Waals surface area contributed by atoms with Crippen LogP contribution in [0.2, 0.25) is 0 Å². The van der Waals surface area contributed by atoms with Crippen molar-refractivity contribution < 1.29 is 14.4 Å². The molecule has 0 amide bonds. The summed E-state index contributed by atoms with van der Waals surface area (Å²) >= 11 is 0. The van der Waals surface area contributed by atoms with Crippen LogP contribution < -0.4 is 0 Å². The number of hydrogen-bond donors (Lipinski definition) is 0. The Morgan fingerprint density at radius 1 is 0.861 bits per heavy atom. The van der Waals surface area contributed by atoms with Crippen LogP contribution in [0.15, 0.2) is 78.0 Å². The average molecular weight is 481 g/mol. The lowest BCUT2D eigenvalue weighted by Gasteiger charge is -2.21. The van der Waals surface area contributed by atoms with Crippen LogP contribution in [-0.2, 0) is 11.4 Å². The molecule has 3 aromatic carbocycles. The lowest BCUT2D eigenvalue weighted by molar-refractivity contribution is 0.0514. The summed E-state index contributed by atoms with van der Waals surface area (Å²) in [4.78, 5) is 31.5. The largest absolute Gasteiger partial charge is 0.365 e. The second-order valence-electron chi connectivity index (χ2n) is 9.65. The first-order valence-electron chi connectivity index (χ1n) is 13.0. The quantitative estimate of drug-likeness (QED) is 0.113. The fraction of sp³-hybridized carbons (Fsp3) is 0.323. The molecule has 0 unspecified atom stereocenters. The van der Waals surface area contributed by atoms with E-state index in [0.717, 1.165) is 34.8 Å². The molecule has 0 bridgehead atoms. The molecule has 0 spiro atoms. The molecule has 0 atom stereocenters. The number of aryl methyl sites for hydroxylation is 1. The Balaban J connectivity index is 1.45. The molecule has 0 saturated heterocycles. The van der Waals surface area contributed by atoms with Crippen LogP contribution in [0.25, 0.3) is 21.8 Å². The maximum atomic E-state index is 13.7. The van der Waals surface area contributed by atoms with Crippen molar-refractivity contribution in [3.05, 3.63) is 83.9 Å². The van der Waals surface area contributed by atoms with E-state index in [1.165, 1.54) is 32.1 Å². The highest BCUT2D eigenvalue weighted by Gasteiger charge is 2.21. The highest BCUT2D eigenvalue weighted by Crippen LogP contribution is 2.31. The Morgan fingerprint density at radius 3 is 2.36 bits per heavy atom. The molecule has 0 radical (unpaired) electrons. The summed E-state index contributed by atoms with van der Waals surface area (Å²) in [7, 11) is 0. The van der Waals surface area contributed by atoms with Crippen molar-refractivity contribution in [3.8, 4) is 0 Å². The number of aromatic nitrogens is 1. The Morgan fingerprint density at radius 2 is 1.58 bits per heavy atom. The summed E-state index contributed by atoms with van der Waals surface area (Å²) in [6.07, 6.45) is 7.53. The number of benzene rings is 3. The molecule has 5 nitrogen and oxygen atoms in total. The van der Waals surface area contributed by atoms with Crippen molar-refractivity contribution in [2.75, 3.05) is 0 Å². The standard InChI is InChI=1S/C31H32N2O3/c1-2-33-28-16-10-9-15-25(28)26-21-24(18-20-29(26)33)30(34)27(19-17-22-11-5-3-6-12-22)32-36-31(35)23-13-7-4-8-14-23/h4,7-10,13-16,18,20-22H,2-3,5-6,11-12,17,19H2,1H3. The molecule has 184 valence electrons. The van der Waals surface area contributed by atoms with Crippen molar-refractivity contribution in [2.45, 2.75) is 58.4 Å². The maximum Gasteiger partial charge on any atom is 0.365 e. The second kappa shape index (κ2) is 10.9. The van der Waals surface area contributed by atoms with Crippen LogP contribution in [-0.4, -0.2) is 22.0 Å². The van der Waals surface area contributed by atoms with E-state index in [9.17, 15) is 9.59 Å². The van der Waals surface area contributed by atoms with Gasteiger partial charge in [-0.25, -0.2) is 4.79 Å². The van der Waals surface area contributed by atoms with E-state index in [2.05, 4.69) is 28.8 Å². The predicted octanol–water partition coefficient (Wildman–Crippen LogP) is 7.57. The summed E-state index contributed by atoms with van der Waals surface area (Å²) in [5, 5.41) is 6.31. The molecule has 4 aromatic rings. The number of fused-ring (bicyclic) bond motifs is 3. The zero-order valence-electron chi connectivity index (χ0n) is 20.8. The molecule has 1 fully saturated rings. The zero-order valence-corrected chi connectivity index (χ0v) is 20.8. The lowest BCUT2D eigenvalue weighted by atomic mass is 9.85. The molecule has 1 aromatic heterocycles. The molecule has 0 N–H and O–H groups in total. The topological polar surface area (TPSA) is 60.7 Å². The molecule has 5 heteroatoms. The Bertz CT molecular complexity index is 1410. The third-order valence-electron chi connectivity index (χ3n) is 7.38. The van der Waals surface area contributed by atoms with E-state index >= 15 is 0 Å². The Labute approximate surface area is 211 Å². The normalized spacial score (nSPS) is 14.9. The van der Waals surface area contributed by atoms with E-state index < -0.39 is 5.97 Å². The fourth-order valence-electron chi connectivity index (χ4n) is 5.44. The van der Waals surface area contributed by atoms with Gasteiger partial charge in [-0.2, -0.15) is 0 Å². The van der Waals surface area contributed by atoms with Crippen molar-refractivity contribution in [3.63, 3.8) is 0 Å². The van der Waals surface area contributed by atoms with Crippen molar-refractivity contribution in [1.29, 1.82) is 0 Å². The second-order valence-corrected chi connectivity index (χ2v) is 9.65. The van der Waals surface area contributed by atoms with E-state index in [0.29, 0.717) is 29.2 Å². The fourth-order valence-corrected chi connectivity index (χ4v) is 5.44. The van der Waals surface area contributed by atoms with Gasteiger partial charge in [0, 0.05) is 33.9 Å². The third kappa shape index (κ3) is 4.97. The third-order valence-corrected chi connectivity index (χ3v) is 7.38. The number of oxime groups is 1. The van der Waals surface area contributed by atoms with E-state index in [4.69, 9.17) is 4.84 Å². The van der Waals surface area contributed by atoms with Gasteiger partial charge in [0.25, 0.3) is 0 Å². The Kier molecular flexibility index (Phi) is 7.26. The average Bonchev–Trinajstić information content (AvgIpc) is 3.26. The molecule has 36 heavy (non-hydrogen) atoms. The highest BCUT2D eigenvalue weighted by molar-refractivity contribution is 6.46. The molecule has 0 aliphatic heterocycles. The van der Waals surface area contributed by atoms with E-state index in [-0.39, 0.29) is 5.78 Å². The van der Waals surface area contributed by atoms with Crippen molar-refractivity contribution in [1.82, 2.24) is 4.57 Å². The molecule has 1 saturated carbocycles. The number of ketones is 1. The van der Waals surface area contributed by atoms with Crippen molar-refractivity contribution in [2.24, 2.45) is 11.1 Å². The van der Waals surface area contributed by atoms with Gasteiger partial charge in [-0.15, -0.1) is 0 Å². The van der Waals surface area contributed by atoms with Gasteiger partial charge in [-0.05, 0) is 62.1 Å². The van der Waals surface area contributed by atoms with Gasteiger partial charge >= 0.3 is 5.97 Å². The number of nitrogens with zero attached hydrogens (tertiary/aromatic N) is 2. The first-order chi connectivity index (χ1) is 17.7. The zero-order chi connectivity index (χ0) is 24.9. The summed E-state index contributed by atoms with van der Waals surface area (Å²) in [5.74, 6) is -0.145. The number of rotatable bonds is 8. The van der Waals surface area contributed by atoms with Crippen LogP contribution in [0.4, 0.5) is 0 Å². The van der Waals surface area contributed by atoms with E-state index in [1.54, 1.807) is 24.3 Å². The number of carbonyl (C=O) groups excluding carboxylic acids is 2. The first kappa shape index (κ1) is 24.0. The van der Waals surface area contributed by atoms with Crippen LogP contribution >= 0.6 is 0 Å². The SMILES string of the molecule is CCn1c2ccccc2c2cc(C(=O)C(CCC3CCCCC3)=NOC(=O)c3ccccc3)ccc21. The van der Waals surface area contributed by atoms with Crippen LogP contribution in [0.5, 0.6) is 0 Å². The molecule has 1 aliphatic carbocycles. The van der Waals surface area contributed by atoms with Gasteiger partial charge < -0.3 is 9.40 Å². The number of carbonyl (C=O) groups is 2. The monoisotopic (exact) mass is 480 g/mol. The number of para-hydroxylation sites is 1. The van der Waals surface area contributed by atoms with Gasteiger partial charge in [-0.3, -0.25) is 4.79 Å². The van der Waals surface area contributed by atoms with Crippen LogP contribution in [0.1, 0.15) is 72.6 Å². The van der Waals surface area contributed by atoms with Gasteiger partial charge in [0.2, 0.25) is 5.78 Å². The minimum absolute atomic E-state index is 0.179. The van der Waals surface area contributed by atoms with Gasteiger partial charge in [0.1, 0.15) is 5.71 Å². The number of hydrogen-bond acceptors (Lipinski definition) is 4. The predicted molar refractivity (Wildman–Crippen MR) is 145 cm³/mol. The highest BCUT2D eigenvalue weighted by atomic mass is 16.7. The molecule has 5 rings (SSSR count). The van der Waals surface area contributed by atoms with Crippen molar-refractivity contribution >= 4 is 39.3 Å². The van der Waals surface area contributed by atoms with Gasteiger partial charge in [-0.1, -0.05) is 73.7 Å². The number of Topliss-reactive ketones (excluding diaryl/α,β-unsaturated/α-hetero) is 1. The van der Waals surface area contributed by atoms with E-state index in [1.807, 2.05) is 36.4 Å².